The summed E-state index contributed by atoms with van der Waals surface area (Å²) in [5, 5.41) is 0. The van der Waals surface area contributed by atoms with Gasteiger partial charge in [-0.3, -0.25) is 9.59 Å². The van der Waals surface area contributed by atoms with Crippen LogP contribution in [0, 0.1) is 5.92 Å². The molecule has 2 saturated heterocycles. The van der Waals surface area contributed by atoms with Crippen molar-refractivity contribution in [3.63, 3.8) is 0 Å². The SMILES string of the molecule is NC(=O)[C@H]1CCC[NH+](CC(=O)N2CCN(S(=O)(=O)c3ccccc3)CC2)C1. The van der Waals surface area contributed by atoms with Gasteiger partial charge in [-0.15, -0.1) is 0 Å². The molecule has 2 fully saturated rings. The van der Waals surface area contributed by atoms with Crippen molar-refractivity contribution in [1.29, 1.82) is 0 Å². The predicted molar refractivity (Wildman–Crippen MR) is 99.3 cm³/mol. The smallest absolute Gasteiger partial charge is 0.277 e. The number of nitrogens with zero attached hydrogens (tertiary/aromatic N) is 2. The molecule has 2 aliphatic rings. The topological polar surface area (TPSA) is 105 Å². The molecule has 0 radical (unpaired) electrons. The minimum atomic E-state index is -3.52. The van der Waals surface area contributed by atoms with Gasteiger partial charge in [0.25, 0.3) is 5.91 Å². The minimum absolute atomic E-state index is 0.00637. The summed E-state index contributed by atoms with van der Waals surface area (Å²) in [6.45, 7) is 3.15. The summed E-state index contributed by atoms with van der Waals surface area (Å²) in [4.78, 5) is 27.1. The maximum absolute atomic E-state index is 12.7. The van der Waals surface area contributed by atoms with Crippen LogP contribution in [-0.4, -0.2) is 75.3 Å². The van der Waals surface area contributed by atoms with E-state index in [0.29, 0.717) is 39.3 Å². The lowest BCUT2D eigenvalue weighted by Crippen LogP contribution is -3.15. The van der Waals surface area contributed by atoms with E-state index in [1.54, 1.807) is 35.2 Å². The van der Waals surface area contributed by atoms with Gasteiger partial charge in [0.1, 0.15) is 0 Å². The standard InChI is InChI=1S/C18H26N4O4S/c19-18(24)15-5-4-8-20(13-15)14-17(23)21-9-11-22(12-10-21)27(25,26)16-6-2-1-3-7-16/h1-3,6-7,15H,4-5,8-14H2,(H2,19,24)/p+1/t15-/m0/s1. The zero-order valence-electron chi connectivity index (χ0n) is 15.3. The molecule has 0 aliphatic carbocycles. The molecule has 2 aliphatic heterocycles. The van der Waals surface area contributed by atoms with Gasteiger partial charge in [-0.2, -0.15) is 4.31 Å². The molecule has 2 atom stereocenters. The number of primary amides is 1. The molecule has 3 N–H and O–H groups in total. The van der Waals surface area contributed by atoms with Crippen LogP contribution in [0.1, 0.15) is 12.8 Å². The van der Waals surface area contributed by atoms with Crippen molar-refractivity contribution in [3.05, 3.63) is 30.3 Å². The molecule has 0 aromatic heterocycles. The van der Waals surface area contributed by atoms with Crippen LogP contribution in [0.3, 0.4) is 0 Å². The molecule has 1 unspecified atom stereocenters. The van der Waals surface area contributed by atoms with E-state index >= 15 is 0 Å². The van der Waals surface area contributed by atoms with Crippen LogP contribution in [0.25, 0.3) is 0 Å². The number of nitrogens with one attached hydrogen (secondary N) is 1. The number of quaternary nitrogens is 1. The van der Waals surface area contributed by atoms with E-state index in [-0.39, 0.29) is 22.6 Å². The fourth-order valence-electron chi connectivity index (χ4n) is 3.80. The number of piperazine rings is 1. The van der Waals surface area contributed by atoms with Gasteiger partial charge >= 0.3 is 0 Å². The van der Waals surface area contributed by atoms with E-state index in [9.17, 15) is 18.0 Å². The first-order chi connectivity index (χ1) is 12.9. The van der Waals surface area contributed by atoms with Crippen molar-refractivity contribution in [3.8, 4) is 0 Å². The van der Waals surface area contributed by atoms with E-state index in [4.69, 9.17) is 5.73 Å². The van der Waals surface area contributed by atoms with Crippen LogP contribution in [0.2, 0.25) is 0 Å². The number of rotatable bonds is 5. The summed E-state index contributed by atoms with van der Waals surface area (Å²) in [6.07, 6.45) is 1.68. The lowest BCUT2D eigenvalue weighted by atomic mass is 9.97. The summed E-state index contributed by atoms with van der Waals surface area (Å²) < 4.78 is 26.7. The number of piperidine rings is 1. The lowest BCUT2D eigenvalue weighted by Gasteiger charge is -2.35. The Labute approximate surface area is 160 Å². The number of sulfonamides is 1. The van der Waals surface area contributed by atoms with Gasteiger partial charge in [-0.1, -0.05) is 18.2 Å². The molecule has 2 heterocycles. The highest BCUT2D eigenvalue weighted by atomic mass is 32.2. The van der Waals surface area contributed by atoms with Crippen molar-refractivity contribution in [2.24, 2.45) is 11.7 Å². The summed E-state index contributed by atoms with van der Waals surface area (Å²) in [5.41, 5.74) is 5.40. The summed E-state index contributed by atoms with van der Waals surface area (Å²) in [5.74, 6) is -0.444. The average molecular weight is 396 g/mol. The van der Waals surface area contributed by atoms with Gasteiger partial charge in [0.05, 0.1) is 23.9 Å². The van der Waals surface area contributed by atoms with Gasteiger partial charge in [-0.25, -0.2) is 8.42 Å². The van der Waals surface area contributed by atoms with E-state index in [1.807, 2.05) is 0 Å². The van der Waals surface area contributed by atoms with Gasteiger partial charge < -0.3 is 15.5 Å². The van der Waals surface area contributed by atoms with E-state index in [2.05, 4.69) is 0 Å². The second-order valence-corrected chi connectivity index (χ2v) is 9.16. The maximum atomic E-state index is 12.7. The molecule has 27 heavy (non-hydrogen) atoms. The van der Waals surface area contributed by atoms with Crippen molar-refractivity contribution in [2.45, 2.75) is 17.7 Å². The van der Waals surface area contributed by atoms with Crippen molar-refractivity contribution >= 4 is 21.8 Å². The van der Waals surface area contributed by atoms with Gasteiger partial charge in [0.2, 0.25) is 15.9 Å². The molecule has 8 nitrogen and oxygen atoms in total. The first-order valence-corrected chi connectivity index (χ1v) is 10.8. The van der Waals surface area contributed by atoms with Crippen LogP contribution in [-0.2, 0) is 19.6 Å². The van der Waals surface area contributed by atoms with E-state index in [0.717, 1.165) is 24.3 Å². The van der Waals surface area contributed by atoms with Crippen LogP contribution < -0.4 is 10.6 Å². The summed E-state index contributed by atoms with van der Waals surface area (Å²) in [6, 6.07) is 8.35. The van der Waals surface area contributed by atoms with Crippen LogP contribution in [0.4, 0.5) is 0 Å². The molecule has 9 heteroatoms. The highest BCUT2D eigenvalue weighted by molar-refractivity contribution is 7.89. The van der Waals surface area contributed by atoms with Crippen molar-refractivity contribution < 1.29 is 22.9 Å². The second kappa shape index (κ2) is 8.37. The Kier molecular flexibility index (Phi) is 6.13. The Morgan fingerprint density at radius 1 is 1.11 bits per heavy atom. The fraction of sp³-hybridized carbons (Fsp3) is 0.556. The molecule has 3 rings (SSSR count). The maximum Gasteiger partial charge on any atom is 0.277 e. The molecular weight excluding hydrogens is 368 g/mol. The number of nitrogens with two attached hydrogens (primary N) is 1. The molecule has 0 bridgehead atoms. The Morgan fingerprint density at radius 3 is 2.41 bits per heavy atom. The summed E-state index contributed by atoms with van der Waals surface area (Å²) in [7, 11) is -3.52. The number of carbonyl (C=O) groups excluding carboxylic acids is 2. The Morgan fingerprint density at radius 2 is 1.78 bits per heavy atom. The number of amides is 2. The van der Waals surface area contributed by atoms with Crippen molar-refractivity contribution in [2.75, 3.05) is 45.8 Å². The Bertz CT molecular complexity index is 776. The van der Waals surface area contributed by atoms with Gasteiger partial charge in [0, 0.05) is 26.2 Å². The number of hydrogen-bond donors (Lipinski definition) is 2. The van der Waals surface area contributed by atoms with Crippen molar-refractivity contribution in [1.82, 2.24) is 9.21 Å². The van der Waals surface area contributed by atoms with Gasteiger partial charge in [-0.05, 0) is 25.0 Å². The zero-order valence-corrected chi connectivity index (χ0v) is 16.2. The fourth-order valence-corrected chi connectivity index (χ4v) is 5.24. The molecule has 148 valence electrons. The zero-order chi connectivity index (χ0) is 19.4. The first-order valence-electron chi connectivity index (χ1n) is 9.34. The second-order valence-electron chi connectivity index (χ2n) is 7.22. The molecule has 2 amide bonds. The summed E-state index contributed by atoms with van der Waals surface area (Å²) >= 11 is 0. The third-order valence-corrected chi connectivity index (χ3v) is 7.31. The third kappa shape index (κ3) is 4.66. The normalized spacial score (nSPS) is 24.5. The molecule has 1 aromatic carbocycles. The van der Waals surface area contributed by atoms with Crippen LogP contribution in [0.5, 0.6) is 0 Å². The predicted octanol–water partition coefficient (Wildman–Crippen LogP) is -1.70. The third-order valence-electron chi connectivity index (χ3n) is 5.39. The average Bonchev–Trinajstić information content (AvgIpc) is 2.69. The van der Waals surface area contributed by atoms with Crippen LogP contribution >= 0.6 is 0 Å². The van der Waals surface area contributed by atoms with E-state index < -0.39 is 10.0 Å². The van der Waals surface area contributed by atoms with E-state index in [1.165, 1.54) is 4.31 Å². The number of carbonyl (C=O) groups is 2. The highest BCUT2D eigenvalue weighted by Gasteiger charge is 2.33. The largest absolute Gasteiger partial charge is 0.369 e. The quantitative estimate of drug-likeness (QED) is 0.620. The van der Waals surface area contributed by atoms with Crippen LogP contribution in [0.15, 0.2) is 35.2 Å². The monoisotopic (exact) mass is 395 g/mol. The molecule has 1 aromatic rings. The Hall–Kier alpha value is -1.97. The number of benzene rings is 1. The van der Waals surface area contributed by atoms with Gasteiger partial charge in [0.15, 0.2) is 6.54 Å². The number of likely N-dealkylation sites (tertiary alicyclic amines) is 1. The first kappa shape index (κ1) is 19.8. The minimum Gasteiger partial charge on any atom is -0.369 e. The number of hydrogen-bond acceptors (Lipinski definition) is 4. The molecule has 0 saturated carbocycles. The Balaban J connectivity index is 1.53. The lowest BCUT2D eigenvalue weighted by molar-refractivity contribution is -0.899. The molecular formula is C18H27N4O4S+. The molecule has 0 spiro atoms. The highest BCUT2D eigenvalue weighted by Crippen LogP contribution is 2.17.